The van der Waals surface area contributed by atoms with Crippen LogP contribution in [0.25, 0.3) is 0 Å². The van der Waals surface area contributed by atoms with Crippen molar-refractivity contribution in [1.82, 2.24) is 4.90 Å². The van der Waals surface area contributed by atoms with E-state index in [1.54, 1.807) is 0 Å². The number of nitrogens with zero attached hydrogens (tertiary/aromatic N) is 1. The van der Waals surface area contributed by atoms with Gasteiger partial charge in [-0.15, -0.1) is 0 Å². The molecule has 2 heteroatoms. The molecule has 1 spiro atoms. The molecule has 0 N–H and O–H groups in total. The Balaban J connectivity index is 0.00000106. The highest BCUT2D eigenvalue weighted by atomic mass is 16.2. The van der Waals surface area contributed by atoms with Crippen molar-refractivity contribution in [1.29, 1.82) is 0 Å². The Morgan fingerprint density at radius 1 is 1.10 bits per heavy atom. The van der Waals surface area contributed by atoms with E-state index in [1.165, 1.54) is 44.9 Å². The highest BCUT2D eigenvalue weighted by Crippen LogP contribution is 2.46. The van der Waals surface area contributed by atoms with Crippen LogP contribution in [0.3, 0.4) is 0 Å². The van der Waals surface area contributed by atoms with Crippen LogP contribution in [0.1, 0.15) is 86.0 Å². The maximum Gasteiger partial charge on any atom is 0.222 e. The number of rotatable bonds is 3. The third-order valence-electron chi connectivity index (χ3n) is 5.50. The monoisotopic (exact) mass is 295 g/mol. The summed E-state index contributed by atoms with van der Waals surface area (Å²) in [6.07, 6.45) is 10.3. The van der Waals surface area contributed by atoms with Gasteiger partial charge in [-0.3, -0.25) is 4.79 Å². The van der Waals surface area contributed by atoms with Crippen LogP contribution in [0.5, 0.6) is 0 Å². The van der Waals surface area contributed by atoms with Crippen molar-refractivity contribution < 1.29 is 4.79 Å². The SMILES string of the molecule is CC.CCC1CCC2(CC1)CCN(C(=O)CC(C)C)CC2. The van der Waals surface area contributed by atoms with Crippen molar-refractivity contribution in [2.24, 2.45) is 17.3 Å². The molecular formula is C19H37NO. The molecule has 2 nitrogen and oxygen atoms in total. The standard InChI is InChI=1S/C17H31NO.C2H6/c1-4-15-5-7-17(8-6-15)9-11-18(12-10-17)16(19)13-14(2)3;1-2/h14-15H,4-13H2,1-3H3;1-2H3. The molecule has 1 saturated heterocycles. The summed E-state index contributed by atoms with van der Waals surface area (Å²) in [5.41, 5.74) is 0.598. The van der Waals surface area contributed by atoms with Crippen molar-refractivity contribution in [3.63, 3.8) is 0 Å². The largest absolute Gasteiger partial charge is 0.343 e. The molecule has 0 unspecified atom stereocenters. The minimum absolute atomic E-state index is 0.382. The summed E-state index contributed by atoms with van der Waals surface area (Å²) in [7, 11) is 0. The second-order valence-electron chi connectivity index (χ2n) is 7.33. The third kappa shape index (κ3) is 5.30. The first-order chi connectivity index (χ1) is 10.0. The van der Waals surface area contributed by atoms with E-state index >= 15 is 0 Å². The van der Waals surface area contributed by atoms with Crippen molar-refractivity contribution in [2.75, 3.05) is 13.1 Å². The van der Waals surface area contributed by atoms with E-state index in [2.05, 4.69) is 25.7 Å². The fourth-order valence-corrected chi connectivity index (χ4v) is 3.91. The zero-order valence-corrected chi connectivity index (χ0v) is 15.1. The molecule has 0 bridgehead atoms. The Hall–Kier alpha value is -0.530. The zero-order chi connectivity index (χ0) is 15.9. The molecule has 1 saturated carbocycles. The molecule has 2 rings (SSSR count). The summed E-state index contributed by atoms with van der Waals surface area (Å²) in [6, 6.07) is 0. The van der Waals surface area contributed by atoms with Gasteiger partial charge in [0, 0.05) is 19.5 Å². The van der Waals surface area contributed by atoms with Gasteiger partial charge in [-0.05, 0) is 55.8 Å². The molecule has 1 amide bonds. The Morgan fingerprint density at radius 2 is 1.62 bits per heavy atom. The molecule has 0 atom stereocenters. The van der Waals surface area contributed by atoms with E-state index in [0.717, 1.165) is 25.4 Å². The van der Waals surface area contributed by atoms with Gasteiger partial charge in [-0.25, -0.2) is 0 Å². The molecule has 21 heavy (non-hydrogen) atoms. The lowest BCUT2D eigenvalue weighted by Crippen LogP contribution is -2.44. The third-order valence-corrected chi connectivity index (χ3v) is 5.50. The van der Waals surface area contributed by atoms with Crippen LogP contribution >= 0.6 is 0 Å². The highest BCUT2D eigenvalue weighted by molar-refractivity contribution is 5.76. The van der Waals surface area contributed by atoms with Gasteiger partial charge in [0.1, 0.15) is 0 Å². The Morgan fingerprint density at radius 3 is 2.05 bits per heavy atom. The summed E-state index contributed by atoms with van der Waals surface area (Å²) in [6.45, 7) is 12.6. The lowest BCUT2D eigenvalue weighted by Gasteiger charge is -2.46. The van der Waals surface area contributed by atoms with Crippen molar-refractivity contribution in [3.8, 4) is 0 Å². The van der Waals surface area contributed by atoms with Crippen LogP contribution in [0.4, 0.5) is 0 Å². The number of piperidine rings is 1. The Kier molecular flexibility index (Phi) is 7.76. The van der Waals surface area contributed by atoms with E-state index in [1.807, 2.05) is 13.8 Å². The minimum atomic E-state index is 0.382. The first-order valence-corrected chi connectivity index (χ1v) is 9.32. The van der Waals surface area contributed by atoms with Gasteiger partial charge in [0.05, 0.1) is 0 Å². The fourth-order valence-electron chi connectivity index (χ4n) is 3.91. The summed E-state index contributed by atoms with van der Waals surface area (Å²) >= 11 is 0. The molecular weight excluding hydrogens is 258 g/mol. The maximum atomic E-state index is 12.1. The van der Waals surface area contributed by atoms with Gasteiger partial charge in [0.25, 0.3) is 0 Å². The number of carbonyl (C=O) groups is 1. The molecule has 1 aliphatic carbocycles. The van der Waals surface area contributed by atoms with Gasteiger partial charge in [-0.2, -0.15) is 0 Å². The van der Waals surface area contributed by atoms with E-state index < -0.39 is 0 Å². The van der Waals surface area contributed by atoms with Crippen molar-refractivity contribution >= 4 is 5.91 Å². The summed E-state index contributed by atoms with van der Waals surface area (Å²) in [4.78, 5) is 14.2. The highest BCUT2D eigenvalue weighted by Gasteiger charge is 2.38. The lowest BCUT2D eigenvalue weighted by molar-refractivity contribution is -0.134. The van der Waals surface area contributed by atoms with Gasteiger partial charge in [-0.1, -0.05) is 41.0 Å². The van der Waals surface area contributed by atoms with E-state index in [4.69, 9.17) is 0 Å². The first kappa shape index (κ1) is 18.5. The van der Waals surface area contributed by atoms with Crippen LogP contribution in [-0.2, 0) is 4.79 Å². The maximum absolute atomic E-state index is 12.1. The fraction of sp³-hybridized carbons (Fsp3) is 0.947. The van der Waals surface area contributed by atoms with Gasteiger partial charge >= 0.3 is 0 Å². The van der Waals surface area contributed by atoms with Crippen LogP contribution in [0.2, 0.25) is 0 Å². The molecule has 2 aliphatic rings. The second-order valence-corrected chi connectivity index (χ2v) is 7.33. The Bertz CT molecular complexity index is 293. The molecule has 124 valence electrons. The predicted octanol–water partition coefficient (Wildman–Crippen LogP) is 5.27. The minimum Gasteiger partial charge on any atom is -0.343 e. The molecule has 2 fully saturated rings. The number of amides is 1. The molecule has 0 aromatic carbocycles. The number of hydrogen-bond donors (Lipinski definition) is 0. The molecule has 0 aromatic rings. The predicted molar refractivity (Wildman–Crippen MR) is 91.3 cm³/mol. The first-order valence-electron chi connectivity index (χ1n) is 9.32. The molecule has 1 heterocycles. The average Bonchev–Trinajstić information content (AvgIpc) is 2.50. The summed E-state index contributed by atoms with van der Waals surface area (Å²) < 4.78 is 0. The van der Waals surface area contributed by atoms with Crippen molar-refractivity contribution in [2.45, 2.75) is 86.0 Å². The average molecular weight is 296 g/mol. The van der Waals surface area contributed by atoms with E-state index in [0.29, 0.717) is 17.2 Å². The van der Waals surface area contributed by atoms with E-state index in [9.17, 15) is 4.79 Å². The van der Waals surface area contributed by atoms with Crippen LogP contribution in [-0.4, -0.2) is 23.9 Å². The summed E-state index contributed by atoms with van der Waals surface area (Å²) in [5, 5.41) is 0. The van der Waals surface area contributed by atoms with Gasteiger partial charge < -0.3 is 4.90 Å². The molecule has 0 radical (unpaired) electrons. The summed E-state index contributed by atoms with van der Waals surface area (Å²) in [5.74, 6) is 1.85. The Labute approximate surface area is 132 Å². The lowest BCUT2D eigenvalue weighted by atomic mass is 9.65. The molecule has 1 aliphatic heterocycles. The van der Waals surface area contributed by atoms with Crippen LogP contribution in [0, 0.1) is 17.3 Å². The molecule has 0 aromatic heterocycles. The smallest absolute Gasteiger partial charge is 0.222 e. The van der Waals surface area contributed by atoms with Gasteiger partial charge in [0.2, 0.25) is 5.91 Å². The quantitative estimate of drug-likeness (QED) is 0.694. The van der Waals surface area contributed by atoms with Gasteiger partial charge in [0.15, 0.2) is 0 Å². The normalized spacial score (nSPS) is 22.1. The number of hydrogen-bond acceptors (Lipinski definition) is 1. The number of carbonyl (C=O) groups excluding carboxylic acids is 1. The van der Waals surface area contributed by atoms with Crippen LogP contribution < -0.4 is 0 Å². The zero-order valence-electron chi connectivity index (χ0n) is 15.1. The van der Waals surface area contributed by atoms with Crippen molar-refractivity contribution in [3.05, 3.63) is 0 Å². The van der Waals surface area contributed by atoms with E-state index in [-0.39, 0.29) is 0 Å². The second kappa shape index (κ2) is 8.80. The topological polar surface area (TPSA) is 20.3 Å². The number of likely N-dealkylation sites (tertiary alicyclic amines) is 1. The van der Waals surface area contributed by atoms with Crippen LogP contribution in [0.15, 0.2) is 0 Å².